The van der Waals surface area contributed by atoms with Crippen LogP contribution in [0.1, 0.15) is 54.6 Å². The van der Waals surface area contributed by atoms with Crippen LogP contribution in [-0.2, 0) is 7.05 Å². The summed E-state index contributed by atoms with van der Waals surface area (Å²) in [6, 6.07) is 0. The van der Waals surface area contributed by atoms with Crippen molar-refractivity contribution in [2.75, 3.05) is 0 Å². The minimum atomic E-state index is 0.0231. The second-order valence-electron chi connectivity index (χ2n) is 4.21. The molecule has 1 aromatic rings. The SMILES string of the molecule is CC(=O)c1c(C2CCCC2)nn(C)c1Cl. The summed E-state index contributed by atoms with van der Waals surface area (Å²) >= 11 is 6.07. The highest BCUT2D eigenvalue weighted by atomic mass is 35.5. The summed E-state index contributed by atoms with van der Waals surface area (Å²) in [7, 11) is 1.78. The van der Waals surface area contributed by atoms with E-state index in [1.807, 2.05) is 0 Å². The Balaban J connectivity index is 2.45. The molecule has 1 aliphatic carbocycles. The molecule has 0 atom stereocenters. The maximum Gasteiger partial charge on any atom is 0.164 e. The Labute approximate surface area is 94.4 Å². The summed E-state index contributed by atoms with van der Waals surface area (Å²) in [5.41, 5.74) is 1.54. The van der Waals surface area contributed by atoms with Gasteiger partial charge in [-0.1, -0.05) is 24.4 Å². The Morgan fingerprint density at radius 2 is 2.07 bits per heavy atom. The minimum Gasteiger partial charge on any atom is -0.294 e. The molecule has 0 amide bonds. The zero-order valence-corrected chi connectivity index (χ0v) is 9.84. The molecule has 0 aromatic carbocycles. The quantitative estimate of drug-likeness (QED) is 0.727. The van der Waals surface area contributed by atoms with Crippen molar-refractivity contribution >= 4 is 17.4 Å². The molecule has 0 saturated heterocycles. The van der Waals surface area contributed by atoms with Gasteiger partial charge in [0.05, 0.1) is 11.3 Å². The van der Waals surface area contributed by atoms with Gasteiger partial charge in [0.15, 0.2) is 5.78 Å². The van der Waals surface area contributed by atoms with E-state index < -0.39 is 0 Å². The van der Waals surface area contributed by atoms with Gasteiger partial charge < -0.3 is 0 Å². The van der Waals surface area contributed by atoms with Gasteiger partial charge in [-0.05, 0) is 19.8 Å². The fourth-order valence-electron chi connectivity index (χ4n) is 2.33. The predicted octanol–water partition coefficient (Wildman–Crippen LogP) is 2.93. The van der Waals surface area contributed by atoms with Gasteiger partial charge in [0.25, 0.3) is 0 Å². The standard InChI is InChI=1S/C11H15ClN2O/c1-7(15)9-10(8-5-3-4-6-8)13-14(2)11(9)12/h8H,3-6H2,1-2H3. The lowest BCUT2D eigenvalue weighted by Crippen LogP contribution is -2.01. The van der Waals surface area contributed by atoms with Crippen molar-refractivity contribution in [3.8, 4) is 0 Å². The molecule has 0 radical (unpaired) electrons. The van der Waals surface area contributed by atoms with E-state index in [1.54, 1.807) is 18.7 Å². The summed E-state index contributed by atoms with van der Waals surface area (Å²) in [5, 5.41) is 4.85. The number of carbonyl (C=O) groups is 1. The first-order valence-corrected chi connectivity index (χ1v) is 5.72. The number of aromatic nitrogens is 2. The van der Waals surface area contributed by atoms with Crippen LogP contribution in [0.3, 0.4) is 0 Å². The normalized spacial score (nSPS) is 17.3. The summed E-state index contributed by atoms with van der Waals surface area (Å²) in [6.07, 6.45) is 4.73. The van der Waals surface area contributed by atoms with E-state index in [0.717, 1.165) is 18.5 Å². The van der Waals surface area contributed by atoms with Crippen molar-refractivity contribution in [1.29, 1.82) is 0 Å². The first-order valence-electron chi connectivity index (χ1n) is 5.34. The summed E-state index contributed by atoms with van der Waals surface area (Å²) in [5.74, 6) is 0.456. The fourth-order valence-corrected chi connectivity index (χ4v) is 2.60. The average Bonchev–Trinajstić information content (AvgIpc) is 2.75. The molecule has 2 rings (SSSR count). The number of rotatable bonds is 2. The number of hydrogen-bond acceptors (Lipinski definition) is 2. The van der Waals surface area contributed by atoms with E-state index in [1.165, 1.54) is 12.8 Å². The van der Waals surface area contributed by atoms with Crippen LogP contribution in [0.15, 0.2) is 0 Å². The van der Waals surface area contributed by atoms with Crippen LogP contribution in [0.2, 0.25) is 5.15 Å². The van der Waals surface area contributed by atoms with Gasteiger partial charge in [-0.2, -0.15) is 5.10 Å². The molecule has 1 saturated carbocycles. The van der Waals surface area contributed by atoms with E-state index in [9.17, 15) is 4.79 Å². The lowest BCUT2D eigenvalue weighted by molar-refractivity contribution is 0.101. The van der Waals surface area contributed by atoms with Crippen LogP contribution in [0.5, 0.6) is 0 Å². The molecule has 1 aliphatic rings. The molecule has 0 unspecified atom stereocenters. The summed E-state index contributed by atoms with van der Waals surface area (Å²) in [6.45, 7) is 1.56. The van der Waals surface area contributed by atoms with Gasteiger partial charge in [0.1, 0.15) is 5.15 Å². The maximum atomic E-state index is 11.5. The van der Waals surface area contributed by atoms with Crippen LogP contribution in [0, 0.1) is 0 Å². The van der Waals surface area contributed by atoms with Gasteiger partial charge >= 0.3 is 0 Å². The Kier molecular flexibility index (Phi) is 2.83. The average molecular weight is 227 g/mol. The Morgan fingerprint density at radius 3 is 2.60 bits per heavy atom. The number of ketones is 1. The molecular weight excluding hydrogens is 212 g/mol. The largest absolute Gasteiger partial charge is 0.294 e. The van der Waals surface area contributed by atoms with Gasteiger partial charge in [-0.15, -0.1) is 0 Å². The van der Waals surface area contributed by atoms with Gasteiger partial charge in [0.2, 0.25) is 0 Å². The molecule has 15 heavy (non-hydrogen) atoms. The highest BCUT2D eigenvalue weighted by Crippen LogP contribution is 2.37. The summed E-state index contributed by atoms with van der Waals surface area (Å²) in [4.78, 5) is 11.5. The van der Waals surface area contributed by atoms with Gasteiger partial charge in [-0.25, -0.2) is 0 Å². The van der Waals surface area contributed by atoms with Crippen molar-refractivity contribution in [1.82, 2.24) is 9.78 Å². The fraction of sp³-hybridized carbons (Fsp3) is 0.636. The van der Waals surface area contributed by atoms with Gasteiger partial charge in [-0.3, -0.25) is 9.48 Å². The van der Waals surface area contributed by atoms with Crippen LogP contribution in [0.25, 0.3) is 0 Å². The molecule has 0 N–H and O–H groups in total. The van der Waals surface area contributed by atoms with Crippen molar-refractivity contribution in [2.45, 2.75) is 38.5 Å². The molecule has 1 fully saturated rings. The van der Waals surface area contributed by atoms with E-state index in [2.05, 4.69) is 5.10 Å². The first kappa shape index (κ1) is 10.7. The topological polar surface area (TPSA) is 34.9 Å². The highest BCUT2D eigenvalue weighted by molar-refractivity contribution is 6.33. The minimum absolute atomic E-state index is 0.0231. The smallest absolute Gasteiger partial charge is 0.164 e. The van der Waals surface area contributed by atoms with Crippen molar-refractivity contribution in [2.24, 2.45) is 7.05 Å². The van der Waals surface area contributed by atoms with E-state index >= 15 is 0 Å². The van der Waals surface area contributed by atoms with E-state index in [-0.39, 0.29) is 5.78 Å². The molecule has 0 bridgehead atoms. The lowest BCUT2D eigenvalue weighted by Gasteiger charge is -2.06. The molecule has 4 heteroatoms. The molecule has 3 nitrogen and oxygen atoms in total. The Hall–Kier alpha value is -0.830. The number of hydrogen-bond donors (Lipinski definition) is 0. The molecule has 1 aromatic heterocycles. The number of halogens is 1. The number of aryl methyl sites for hydroxylation is 1. The molecule has 1 heterocycles. The Bertz CT molecular complexity index is 392. The molecule has 0 spiro atoms. The highest BCUT2D eigenvalue weighted by Gasteiger charge is 2.27. The number of Topliss-reactive ketones (excluding diaryl/α,β-unsaturated/α-hetero) is 1. The van der Waals surface area contributed by atoms with E-state index in [4.69, 9.17) is 11.6 Å². The van der Waals surface area contributed by atoms with Crippen LogP contribution < -0.4 is 0 Å². The molecule has 0 aliphatic heterocycles. The Morgan fingerprint density at radius 1 is 1.47 bits per heavy atom. The van der Waals surface area contributed by atoms with Crippen molar-refractivity contribution in [3.63, 3.8) is 0 Å². The van der Waals surface area contributed by atoms with Crippen LogP contribution in [0.4, 0.5) is 0 Å². The van der Waals surface area contributed by atoms with Crippen LogP contribution in [-0.4, -0.2) is 15.6 Å². The first-order chi connectivity index (χ1) is 7.11. The lowest BCUT2D eigenvalue weighted by atomic mass is 9.99. The molecular formula is C11H15ClN2O. The monoisotopic (exact) mass is 226 g/mol. The predicted molar refractivity (Wildman–Crippen MR) is 59.4 cm³/mol. The zero-order chi connectivity index (χ0) is 11.0. The van der Waals surface area contributed by atoms with E-state index in [0.29, 0.717) is 16.6 Å². The third-order valence-corrected chi connectivity index (χ3v) is 3.53. The number of nitrogens with zero attached hydrogens (tertiary/aromatic N) is 2. The third kappa shape index (κ3) is 1.81. The number of carbonyl (C=O) groups excluding carboxylic acids is 1. The maximum absolute atomic E-state index is 11.5. The third-order valence-electron chi connectivity index (χ3n) is 3.10. The van der Waals surface area contributed by atoms with Crippen molar-refractivity contribution in [3.05, 3.63) is 16.4 Å². The second-order valence-corrected chi connectivity index (χ2v) is 4.57. The van der Waals surface area contributed by atoms with Crippen molar-refractivity contribution < 1.29 is 4.79 Å². The summed E-state index contributed by atoms with van der Waals surface area (Å²) < 4.78 is 1.60. The molecule has 82 valence electrons. The van der Waals surface area contributed by atoms with Crippen LogP contribution >= 0.6 is 11.6 Å². The zero-order valence-electron chi connectivity index (χ0n) is 9.09. The second kappa shape index (κ2) is 3.97. The van der Waals surface area contributed by atoms with Gasteiger partial charge in [0, 0.05) is 13.0 Å².